The molecule has 2 aromatic rings. The number of fused-ring (bicyclic) bond motifs is 1. The summed E-state index contributed by atoms with van der Waals surface area (Å²) >= 11 is 0. The fourth-order valence-corrected chi connectivity index (χ4v) is 2.82. The Morgan fingerprint density at radius 3 is 2.68 bits per heavy atom. The van der Waals surface area contributed by atoms with Crippen molar-refractivity contribution < 1.29 is 19.1 Å². The van der Waals surface area contributed by atoms with Crippen molar-refractivity contribution in [1.82, 2.24) is 5.32 Å². The molecule has 0 fully saturated rings. The first-order valence-corrected chi connectivity index (χ1v) is 8.44. The van der Waals surface area contributed by atoms with Crippen molar-refractivity contribution in [2.24, 2.45) is 0 Å². The fraction of sp³-hybridized carbons (Fsp3) is 0.300. The number of carbonyl (C=O) groups excluding carboxylic acids is 2. The summed E-state index contributed by atoms with van der Waals surface area (Å²) in [5, 5.41) is 2.99. The molecule has 0 bridgehead atoms. The van der Waals surface area contributed by atoms with Gasteiger partial charge in [0.25, 0.3) is 5.91 Å². The second-order valence-corrected chi connectivity index (χ2v) is 5.88. The lowest BCUT2D eigenvalue weighted by atomic mass is 10.0. The van der Waals surface area contributed by atoms with Crippen LogP contribution in [0.2, 0.25) is 0 Å². The van der Waals surface area contributed by atoms with E-state index in [4.69, 9.17) is 9.47 Å². The summed E-state index contributed by atoms with van der Waals surface area (Å²) in [7, 11) is 0. The quantitative estimate of drug-likeness (QED) is 0.820. The minimum absolute atomic E-state index is 0.0643. The Kier molecular flexibility index (Phi) is 5.33. The van der Waals surface area contributed by atoms with Gasteiger partial charge < -0.3 is 14.8 Å². The van der Waals surface area contributed by atoms with Crippen molar-refractivity contribution in [2.75, 3.05) is 13.2 Å². The van der Waals surface area contributed by atoms with Crippen LogP contribution in [-0.2, 0) is 4.79 Å². The molecule has 0 spiro atoms. The molecule has 0 saturated heterocycles. The topological polar surface area (TPSA) is 64.6 Å². The molecule has 1 atom stereocenters. The Morgan fingerprint density at radius 1 is 1.16 bits per heavy atom. The van der Waals surface area contributed by atoms with E-state index in [1.165, 1.54) is 0 Å². The van der Waals surface area contributed by atoms with Crippen molar-refractivity contribution in [2.45, 2.75) is 25.8 Å². The molecule has 0 aliphatic carbocycles. The van der Waals surface area contributed by atoms with Crippen LogP contribution in [0.4, 0.5) is 0 Å². The highest BCUT2D eigenvalue weighted by Crippen LogP contribution is 2.31. The van der Waals surface area contributed by atoms with Gasteiger partial charge in [0.05, 0.1) is 12.6 Å². The maximum atomic E-state index is 12.2. The number of ether oxygens (including phenoxy) is 2. The van der Waals surface area contributed by atoms with Gasteiger partial charge in [-0.05, 0) is 30.3 Å². The summed E-state index contributed by atoms with van der Waals surface area (Å²) in [5.74, 6) is 1.28. The summed E-state index contributed by atoms with van der Waals surface area (Å²) in [6.45, 7) is 2.34. The van der Waals surface area contributed by atoms with Gasteiger partial charge in [-0.3, -0.25) is 9.59 Å². The Hall–Kier alpha value is -2.82. The molecule has 0 aromatic heterocycles. The van der Waals surface area contributed by atoms with Crippen LogP contribution in [0, 0.1) is 0 Å². The summed E-state index contributed by atoms with van der Waals surface area (Å²) < 4.78 is 11.1. The van der Waals surface area contributed by atoms with E-state index in [1.54, 1.807) is 24.3 Å². The van der Waals surface area contributed by atoms with E-state index in [9.17, 15) is 9.59 Å². The molecule has 2 aromatic carbocycles. The molecule has 1 heterocycles. The van der Waals surface area contributed by atoms with E-state index in [2.05, 4.69) is 5.32 Å². The molecule has 0 saturated carbocycles. The first kappa shape index (κ1) is 17.0. The Labute approximate surface area is 147 Å². The van der Waals surface area contributed by atoms with E-state index in [0.717, 1.165) is 17.7 Å². The highest BCUT2D eigenvalue weighted by molar-refractivity contribution is 5.95. The van der Waals surface area contributed by atoms with Gasteiger partial charge in [-0.15, -0.1) is 0 Å². The molecule has 5 nitrogen and oxygen atoms in total. The number of ketones is 1. The lowest BCUT2D eigenvalue weighted by Gasteiger charge is -2.26. The maximum Gasteiger partial charge on any atom is 0.258 e. The van der Waals surface area contributed by atoms with Gasteiger partial charge in [0.1, 0.15) is 11.5 Å². The van der Waals surface area contributed by atoms with E-state index in [-0.39, 0.29) is 24.3 Å². The molecule has 130 valence electrons. The molecule has 1 amide bonds. The largest absolute Gasteiger partial charge is 0.493 e. The van der Waals surface area contributed by atoms with E-state index < -0.39 is 0 Å². The zero-order valence-corrected chi connectivity index (χ0v) is 14.2. The fourth-order valence-electron chi connectivity index (χ4n) is 2.82. The van der Waals surface area contributed by atoms with Crippen molar-refractivity contribution in [3.8, 4) is 11.5 Å². The number of para-hydroxylation sites is 1. The van der Waals surface area contributed by atoms with Gasteiger partial charge in [-0.25, -0.2) is 0 Å². The molecule has 25 heavy (non-hydrogen) atoms. The standard InChI is InChI=1S/C20H21NO4/c1-2-18(22)14-7-9-15(10-8-14)25-13-20(23)21-17-11-12-24-19-6-4-3-5-16(17)19/h3-10,17H,2,11-13H2,1H3,(H,21,23). The van der Waals surface area contributed by atoms with Gasteiger partial charge in [-0.2, -0.15) is 0 Å². The number of hydrogen-bond acceptors (Lipinski definition) is 4. The van der Waals surface area contributed by atoms with E-state index in [1.807, 2.05) is 31.2 Å². The number of benzene rings is 2. The lowest BCUT2D eigenvalue weighted by Crippen LogP contribution is -2.35. The van der Waals surface area contributed by atoms with Crippen molar-refractivity contribution in [1.29, 1.82) is 0 Å². The normalized spacial score (nSPS) is 15.6. The Bertz CT molecular complexity index is 755. The summed E-state index contributed by atoms with van der Waals surface area (Å²) in [4.78, 5) is 23.8. The number of nitrogens with one attached hydrogen (secondary N) is 1. The maximum absolute atomic E-state index is 12.2. The minimum Gasteiger partial charge on any atom is -0.493 e. The highest BCUT2D eigenvalue weighted by Gasteiger charge is 2.22. The molecule has 5 heteroatoms. The third-order valence-corrected chi connectivity index (χ3v) is 4.16. The van der Waals surface area contributed by atoms with Crippen LogP contribution >= 0.6 is 0 Å². The van der Waals surface area contributed by atoms with Crippen LogP contribution in [0.3, 0.4) is 0 Å². The molecule has 3 rings (SSSR count). The predicted octanol–water partition coefficient (Wildman–Crippen LogP) is 3.30. The Morgan fingerprint density at radius 2 is 1.92 bits per heavy atom. The number of hydrogen-bond donors (Lipinski definition) is 1. The number of rotatable bonds is 6. The number of Topliss-reactive ketones (excluding diaryl/α,β-unsaturated/α-hetero) is 1. The zero-order chi connectivity index (χ0) is 17.6. The molecule has 1 unspecified atom stereocenters. The lowest BCUT2D eigenvalue weighted by molar-refractivity contribution is -0.124. The summed E-state index contributed by atoms with van der Waals surface area (Å²) in [6.07, 6.45) is 1.20. The smallest absolute Gasteiger partial charge is 0.258 e. The molecular weight excluding hydrogens is 318 g/mol. The number of carbonyl (C=O) groups is 2. The SMILES string of the molecule is CCC(=O)c1ccc(OCC(=O)NC2CCOc3ccccc32)cc1. The number of amides is 1. The second kappa shape index (κ2) is 7.83. The summed E-state index contributed by atoms with van der Waals surface area (Å²) in [6, 6.07) is 14.5. The van der Waals surface area contributed by atoms with Gasteiger partial charge in [0.2, 0.25) is 0 Å². The van der Waals surface area contributed by atoms with Crippen LogP contribution in [0.25, 0.3) is 0 Å². The minimum atomic E-state index is -0.185. The average Bonchev–Trinajstić information content (AvgIpc) is 2.66. The van der Waals surface area contributed by atoms with Crippen LogP contribution in [0.15, 0.2) is 48.5 Å². The third-order valence-electron chi connectivity index (χ3n) is 4.16. The van der Waals surface area contributed by atoms with Crippen LogP contribution in [0.1, 0.15) is 41.7 Å². The zero-order valence-electron chi connectivity index (χ0n) is 14.2. The molecule has 1 aliphatic heterocycles. The average molecular weight is 339 g/mol. The van der Waals surface area contributed by atoms with Gasteiger partial charge >= 0.3 is 0 Å². The van der Waals surface area contributed by atoms with Crippen LogP contribution in [-0.4, -0.2) is 24.9 Å². The summed E-state index contributed by atoms with van der Waals surface area (Å²) in [5.41, 5.74) is 1.64. The van der Waals surface area contributed by atoms with Gasteiger partial charge in [0, 0.05) is 24.0 Å². The van der Waals surface area contributed by atoms with Gasteiger partial charge in [-0.1, -0.05) is 25.1 Å². The first-order valence-electron chi connectivity index (χ1n) is 8.44. The van der Waals surface area contributed by atoms with E-state index >= 15 is 0 Å². The molecule has 0 radical (unpaired) electrons. The molecule has 1 aliphatic rings. The Balaban J connectivity index is 1.54. The third kappa shape index (κ3) is 4.18. The first-order chi connectivity index (χ1) is 12.2. The van der Waals surface area contributed by atoms with Crippen molar-refractivity contribution >= 4 is 11.7 Å². The second-order valence-electron chi connectivity index (χ2n) is 5.88. The van der Waals surface area contributed by atoms with Crippen molar-refractivity contribution in [3.63, 3.8) is 0 Å². The van der Waals surface area contributed by atoms with Gasteiger partial charge in [0.15, 0.2) is 12.4 Å². The monoisotopic (exact) mass is 339 g/mol. The van der Waals surface area contributed by atoms with E-state index in [0.29, 0.717) is 24.3 Å². The highest BCUT2D eigenvalue weighted by atomic mass is 16.5. The van der Waals surface area contributed by atoms with Crippen molar-refractivity contribution in [3.05, 3.63) is 59.7 Å². The predicted molar refractivity (Wildman–Crippen MR) is 94.0 cm³/mol. The molecular formula is C20H21NO4. The molecule has 1 N–H and O–H groups in total. The van der Waals surface area contributed by atoms with Crippen LogP contribution in [0.5, 0.6) is 11.5 Å². The van der Waals surface area contributed by atoms with Crippen LogP contribution < -0.4 is 14.8 Å².